The van der Waals surface area contributed by atoms with E-state index in [9.17, 15) is 5.11 Å². The average Bonchev–Trinajstić information content (AvgIpc) is 2.63. The van der Waals surface area contributed by atoms with Crippen molar-refractivity contribution in [2.24, 2.45) is 0 Å². The second-order valence-electron chi connectivity index (χ2n) is 6.32. The Morgan fingerprint density at radius 3 is 2.64 bits per heavy atom. The van der Waals surface area contributed by atoms with Gasteiger partial charge in [-0.05, 0) is 44.1 Å². The zero-order valence-corrected chi connectivity index (χ0v) is 13.4. The summed E-state index contributed by atoms with van der Waals surface area (Å²) in [4.78, 5) is 0. The van der Waals surface area contributed by atoms with Gasteiger partial charge in [0.15, 0.2) is 5.71 Å². The molecular formula is C20H22NO+. The molecule has 0 saturated carbocycles. The van der Waals surface area contributed by atoms with Crippen molar-refractivity contribution < 1.29 is 9.68 Å². The van der Waals surface area contributed by atoms with E-state index < -0.39 is 0 Å². The summed E-state index contributed by atoms with van der Waals surface area (Å²) in [6, 6.07) is 8.57. The Morgan fingerprint density at radius 1 is 1.09 bits per heavy atom. The number of allylic oxidation sites excluding steroid dienone is 7. The van der Waals surface area contributed by atoms with E-state index in [-0.39, 0.29) is 5.41 Å². The lowest BCUT2D eigenvalue weighted by molar-refractivity contribution is -0.401. The van der Waals surface area contributed by atoms with Crippen LogP contribution in [0.4, 0.5) is 5.69 Å². The molecule has 112 valence electrons. The standard InChI is InChI=1S/C20H21NO/c1-20(2)17-9-4-5-10-18(17)21(3)19(20)14-12-15-7-6-8-16(22)13-11-15/h4-5,7-14H,6H2,1-3H3/p+1/b14-12+. The van der Waals surface area contributed by atoms with Crippen LogP contribution in [0.15, 0.2) is 72.1 Å². The Morgan fingerprint density at radius 2 is 1.86 bits per heavy atom. The Bertz CT molecular complexity index is 758. The van der Waals surface area contributed by atoms with Gasteiger partial charge in [0.2, 0.25) is 5.69 Å². The molecule has 0 radical (unpaired) electrons. The molecule has 1 N–H and O–H groups in total. The van der Waals surface area contributed by atoms with Crippen molar-refractivity contribution in [2.45, 2.75) is 25.7 Å². The van der Waals surface area contributed by atoms with Gasteiger partial charge in [-0.1, -0.05) is 30.4 Å². The molecule has 3 rings (SSSR count). The SMILES string of the molecule is C[N+]1=C(/C=C/C2=CCC=C(O)C=C2)C(C)(C)c2ccccc21. The Hall–Kier alpha value is -2.35. The second kappa shape index (κ2) is 5.45. The summed E-state index contributed by atoms with van der Waals surface area (Å²) < 4.78 is 2.27. The van der Waals surface area contributed by atoms with Crippen LogP contribution in [0.5, 0.6) is 0 Å². The molecule has 0 saturated heterocycles. The molecule has 1 aliphatic carbocycles. The van der Waals surface area contributed by atoms with Crippen LogP contribution in [0.3, 0.4) is 0 Å². The number of para-hydroxylation sites is 1. The third-order valence-corrected chi connectivity index (χ3v) is 4.50. The molecule has 0 unspecified atom stereocenters. The second-order valence-corrected chi connectivity index (χ2v) is 6.32. The van der Waals surface area contributed by atoms with E-state index >= 15 is 0 Å². The minimum Gasteiger partial charge on any atom is -0.508 e. The van der Waals surface area contributed by atoms with Gasteiger partial charge in [-0.15, -0.1) is 0 Å². The van der Waals surface area contributed by atoms with Gasteiger partial charge in [-0.3, -0.25) is 0 Å². The number of rotatable bonds is 2. The Kier molecular flexibility index (Phi) is 3.61. The van der Waals surface area contributed by atoms with E-state index in [1.807, 2.05) is 12.2 Å². The predicted octanol–water partition coefficient (Wildman–Crippen LogP) is 4.58. The topological polar surface area (TPSA) is 23.2 Å². The largest absolute Gasteiger partial charge is 0.508 e. The molecule has 0 bridgehead atoms. The molecule has 22 heavy (non-hydrogen) atoms. The highest BCUT2D eigenvalue weighted by atomic mass is 16.3. The van der Waals surface area contributed by atoms with E-state index in [2.05, 4.69) is 68.0 Å². The molecule has 2 nitrogen and oxygen atoms in total. The lowest BCUT2D eigenvalue weighted by Gasteiger charge is -2.15. The number of hydrogen-bond acceptors (Lipinski definition) is 1. The van der Waals surface area contributed by atoms with Crippen LogP contribution in [-0.4, -0.2) is 22.4 Å². The van der Waals surface area contributed by atoms with Gasteiger partial charge in [0, 0.05) is 17.7 Å². The number of nitrogens with zero attached hydrogens (tertiary/aromatic N) is 1. The Balaban J connectivity index is 1.94. The van der Waals surface area contributed by atoms with Crippen molar-refractivity contribution in [3.8, 4) is 0 Å². The molecule has 0 aromatic heterocycles. The van der Waals surface area contributed by atoms with Crippen molar-refractivity contribution in [1.82, 2.24) is 0 Å². The highest BCUT2D eigenvalue weighted by molar-refractivity contribution is 6.03. The lowest BCUT2D eigenvalue weighted by atomic mass is 9.81. The summed E-state index contributed by atoms with van der Waals surface area (Å²) in [6.07, 6.45) is 12.7. The zero-order chi connectivity index (χ0) is 15.7. The Labute approximate surface area is 132 Å². The number of hydrogen-bond donors (Lipinski definition) is 1. The summed E-state index contributed by atoms with van der Waals surface area (Å²) in [5, 5.41) is 9.53. The molecule has 0 amide bonds. The monoisotopic (exact) mass is 292 g/mol. The molecule has 1 aromatic carbocycles. The van der Waals surface area contributed by atoms with Gasteiger partial charge in [0.1, 0.15) is 12.8 Å². The van der Waals surface area contributed by atoms with E-state index in [0.29, 0.717) is 5.76 Å². The average molecular weight is 292 g/mol. The third-order valence-electron chi connectivity index (χ3n) is 4.50. The molecule has 0 atom stereocenters. The summed E-state index contributed by atoms with van der Waals surface area (Å²) in [5.74, 6) is 0.332. The number of fused-ring (bicyclic) bond motifs is 1. The fourth-order valence-electron chi connectivity index (χ4n) is 3.23. The van der Waals surface area contributed by atoms with Gasteiger partial charge >= 0.3 is 0 Å². The molecular weight excluding hydrogens is 270 g/mol. The van der Waals surface area contributed by atoms with Gasteiger partial charge < -0.3 is 5.11 Å². The summed E-state index contributed by atoms with van der Waals surface area (Å²) in [5.41, 5.74) is 5.04. The fraction of sp³-hybridized carbons (Fsp3) is 0.250. The van der Waals surface area contributed by atoms with E-state index in [1.54, 1.807) is 6.08 Å². The van der Waals surface area contributed by atoms with Crippen molar-refractivity contribution in [2.75, 3.05) is 7.05 Å². The van der Waals surface area contributed by atoms with Crippen molar-refractivity contribution in [3.63, 3.8) is 0 Å². The normalized spacial score (nSPS) is 20.0. The van der Waals surface area contributed by atoms with E-state index in [4.69, 9.17) is 0 Å². The van der Waals surface area contributed by atoms with Crippen LogP contribution in [0.1, 0.15) is 25.8 Å². The van der Waals surface area contributed by atoms with Crippen molar-refractivity contribution in [1.29, 1.82) is 0 Å². The van der Waals surface area contributed by atoms with Crippen LogP contribution in [0, 0.1) is 0 Å². The summed E-state index contributed by atoms with van der Waals surface area (Å²) >= 11 is 0. The molecule has 0 spiro atoms. The van der Waals surface area contributed by atoms with Crippen LogP contribution in [0.2, 0.25) is 0 Å². The first-order chi connectivity index (χ1) is 10.5. The van der Waals surface area contributed by atoms with Crippen molar-refractivity contribution in [3.05, 3.63) is 77.6 Å². The van der Waals surface area contributed by atoms with Crippen molar-refractivity contribution >= 4 is 11.4 Å². The quantitative estimate of drug-likeness (QED) is 0.792. The molecule has 1 aromatic rings. The van der Waals surface area contributed by atoms with Crippen LogP contribution in [0.25, 0.3) is 0 Å². The highest BCUT2D eigenvalue weighted by Gasteiger charge is 2.42. The van der Waals surface area contributed by atoms with Gasteiger partial charge in [-0.25, -0.2) is 0 Å². The molecule has 2 heteroatoms. The van der Waals surface area contributed by atoms with Gasteiger partial charge in [-0.2, -0.15) is 4.58 Å². The fourth-order valence-corrected chi connectivity index (χ4v) is 3.23. The number of aliphatic hydroxyl groups is 1. The molecule has 1 aliphatic heterocycles. The smallest absolute Gasteiger partial charge is 0.209 e. The minimum atomic E-state index is -0.00274. The third kappa shape index (κ3) is 2.45. The van der Waals surface area contributed by atoms with Crippen LogP contribution >= 0.6 is 0 Å². The first-order valence-corrected chi connectivity index (χ1v) is 7.66. The minimum absolute atomic E-state index is 0.00274. The van der Waals surface area contributed by atoms with E-state index in [0.717, 1.165) is 12.0 Å². The first-order valence-electron chi connectivity index (χ1n) is 7.66. The van der Waals surface area contributed by atoms with Gasteiger partial charge in [0.25, 0.3) is 0 Å². The molecule has 0 fully saturated rings. The summed E-state index contributed by atoms with van der Waals surface area (Å²) in [7, 11) is 2.12. The van der Waals surface area contributed by atoms with E-state index in [1.165, 1.54) is 17.0 Å². The maximum absolute atomic E-state index is 9.53. The maximum atomic E-state index is 9.53. The summed E-state index contributed by atoms with van der Waals surface area (Å²) in [6.45, 7) is 4.53. The molecule has 1 heterocycles. The highest BCUT2D eigenvalue weighted by Crippen LogP contribution is 2.39. The van der Waals surface area contributed by atoms with Gasteiger partial charge in [0.05, 0.1) is 5.41 Å². The van der Waals surface area contributed by atoms with Crippen LogP contribution < -0.4 is 0 Å². The van der Waals surface area contributed by atoms with Crippen LogP contribution in [-0.2, 0) is 5.41 Å². The predicted molar refractivity (Wildman–Crippen MR) is 92.0 cm³/mol. The maximum Gasteiger partial charge on any atom is 0.209 e. The first kappa shape index (κ1) is 14.6. The molecule has 2 aliphatic rings. The number of aliphatic hydroxyl groups excluding tert-OH is 1. The number of benzene rings is 1. The zero-order valence-electron chi connectivity index (χ0n) is 13.4. The lowest BCUT2D eigenvalue weighted by Crippen LogP contribution is -2.26.